The monoisotopic (exact) mass is 415 g/mol. The zero-order valence-electron chi connectivity index (χ0n) is 17.3. The van der Waals surface area contributed by atoms with Crippen molar-refractivity contribution in [3.8, 4) is 0 Å². The molecule has 7 heteroatoms. The van der Waals surface area contributed by atoms with Crippen LogP contribution < -0.4 is 5.32 Å². The molecular formula is C22H29N3O3S. The van der Waals surface area contributed by atoms with Crippen molar-refractivity contribution >= 4 is 16.1 Å². The summed E-state index contributed by atoms with van der Waals surface area (Å²) in [7, 11) is -3.54. The second kappa shape index (κ2) is 8.97. The van der Waals surface area contributed by atoms with E-state index in [0.29, 0.717) is 37.6 Å². The van der Waals surface area contributed by atoms with Crippen molar-refractivity contribution in [2.24, 2.45) is 0 Å². The molecule has 29 heavy (non-hydrogen) atoms. The highest BCUT2D eigenvalue weighted by molar-refractivity contribution is 7.89. The fourth-order valence-corrected chi connectivity index (χ4v) is 5.28. The van der Waals surface area contributed by atoms with Crippen molar-refractivity contribution < 1.29 is 13.2 Å². The Balaban J connectivity index is 1.52. The van der Waals surface area contributed by atoms with E-state index in [1.54, 1.807) is 11.0 Å². The first-order chi connectivity index (χ1) is 13.8. The lowest BCUT2D eigenvalue weighted by Crippen LogP contribution is -2.53. The molecule has 2 aromatic rings. The lowest BCUT2D eigenvalue weighted by molar-refractivity contribution is 0.172. The van der Waals surface area contributed by atoms with E-state index in [0.717, 1.165) is 17.5 Å². The van der Waals surface area contributed by atoms with Crippen LogP contribution in [0.25, 0.3) is 0 Å². The highest BCUT2D eigenvalue weighted by atomic mass is 32.2. The van der Waals surface area contributed by atoms with Gasteiger partial charge in [0, 0.05) is 32.7 Å². The number of aryl methyl sites for hydroxylation is 3. The molecule has 1 heterocycles. The summed E-state index contributed by atoms with van der Waals surface area (Å²) in [5.41, 5.74) is 4.18. The number of hydrogen-bond acceptors (Lipinski definition) is 3. The molecule has 0 saturated carbocycles. The van der Waals surface area contributed by atoms with E-state index in [1.165, 1.54) is 15.4 Å². The number of nitrogens with zero attached hydrogens (tertiary/aromatic N) is 2. The summed E-state index contributed by atoms with van der Waals surface area (Å²) in [4.78, 5) is 14.5. The van der Waals surface area contributed by atoms with Crippen LogP contribution in [0.5, 0.6) is 0 Å². The van der Waals surface area contributed by atoms with Crippen molar-refractivity contribution in [2.75, 3.05) is 32.7 Å². The van der Waals surface area contributed by atoms with Gasteiger partial charge in [-0.2, -0.15) is 4.31 Å². The van der Waals surface area contributed by atoms with Gasteiger partial charge in [0.2, 0.25) is 10.0 Å². The lowest BCUT2D eigenvalue weighted by Gasteiger charge is -2.34. The number of carbonyl (C=O) groups is 1. The van der Waals surface area contributed by atoms with Crippen molar-refractivity contribution in [2.45, 2.75) is 32.1 Å². The summed E-state index contributed by atoms with van der Waals surface area (Å²) >= 11 is 0. The number of urea groups is 1. The SMILES string of the molecule is Cc1cccc(CCNC(=O)N2CCN(S(=O)(=O)c3ccc(C)cc3C)CC2)c1. The molecule has 1 aliphatic rings. The van der Waals surface area contributed by atoms with Crippen LogP contribution >= 0.6 is 0 Å². The molecule has 0 aliphatic carbocycles. The van der Waals surface area contributed by atoms with Gasteiger partial charge in [-0.3, -0.25) is 0 Å². The number of rotatable bonds is 5. The second-order valence-corrected chi connectivity index (χ2v) is 9.54. The summed E-state index contributed by atoms with van der Waals surface area (Å²) in [5.74, 6) is 0. The van der Waals surface area contributed by atoms with Crippen LogP contribution in [0.3, 0.4) is 0 Å². The molecule has 6 nitrogen and oxygen atoms in total. The van der Waals surface area contributed by atoms with E-state index in [9.17, 15) is 13.2 Å². The third kappa shape index (κ3) is 5.16. The number of carbonyl (C=O) groups excluding carboxylic acids is 1. The molecule has 1 saturated heterocycles. The fraction of sp³-hybridized carbons (Fsp3) is 0.409. The molecule has 2 amide bonds. The number of piperazine rings is 1. The molecule has 156 valence electrons. The predicted octanol–water partition coefficient (Wildman–Crippen LogP) is 2.87. The standard InChI is InChI=1S/C22H29N3O3S/c1-17-5-4-6-20(16-17)9-10-23-22(26)24-11-13-25(14-12-24)29(27,28)21-8-7-18(2)15-19(21)3/h4-8,15-16H,9-14H2,1-3H3,(H,23,26). The largest absolute Gasteiger partial charge is 0.338 e. The van der Waals surface area contributed by atoms with Crippen LogP contribution in [0.2, 0.25) is 0 Å². The Morgan fingerprint density at radius 2 is 1.66 bits per heavy atom. The average Bonchev–Trinajstić information content (AvgIpc) is 2.68. The maximum absolute atomic E-state index is 13.0. The van der Waals surface area contributed by atoms with E-state index < -0.39 is 10.0 Å². The summed E-state index contributed by atoms with van der Waals surface area (Å²) in [6, 6.07) is 13.5. The maximum atomic E-state index is 13.0. The Hall–Kier alpha value is -2.38. The zero-order chi connectivity index (χ0) is 21.0. The predicted molar refractivity (Wildman–Crippen MR) is 115 cm³/mol. The molecule has 0 aromatic heterocycles. The van der Waals surface area contributed by atoms with Crippen LogP contribution in [0, 0.1) is 20.8 Å². The lowest BCUT2D eigenvalue weighted by atomic mass is 10.1. The normalized spacial score (nSPS) is 15.3. The molecule has 0 unspecified atom stereocenters. The highest BCUT2D eigenvalue weighted by Gasteiger charge is 2.30. The van der Waals surface area contributed by atoms with Gasteiger partial charge in [-0.05, 0) is 44.4 Å². The first-order valence-corrected chi connectivity index (χ1v) is 11.4. The third-order valence-electron chi connectivity index (χ3n) is 5.25. The molecule has 1 N–H and O–H groups in total. The Morgan fingerprint density at radius 3 is 2.31 bits per heavy atom. The first kappa shape index (κ1) is 21.3. The summed E-state index contributed by atoms with van der Waals surface area (Å²) in [6.45, 7) is 7.76. The third-order valence-corrected chi connectivity index (χ3v) is 7.31. The summed E-state index contributed by atoms with van der Waals surface area (Å²) in [5, 5.41) is 2.94. The first-order valence-electron chi connectivity index (χ1n) is 9.93. The fourth-order valence-electron chi connectivity index (χ4n) is 3.65. The minimum absolute atomic E-state index is 0.138. The van der Waals surface area contributed by atoms with Gasteiger partial charge in [-0.1, -0.05) is 47.5 Å². The maximum Gasteiger partial charge on any atom is 0.317 e. The van der Waals surface area contributed by atoms with Gasteiger partial charge in [0.1, 0.15) is 0 Å². The molecule has 0 radical (unpaired) electrons. The molecule has 3 rings (SSSR count). The second-order valence-electron chi connectivity index (χ2n) is 7.63. The van der Waals surface area contributed by atoms with Gasteiger partial charge in [-0.15, -0.1) is 0 Å². The number of nitrogens with one attached hydrogen (secondary N) is 1. The van der Waals surface area contributed by atoms with Gasteiger partial charge in [0.05, 0.1) is 4.90 Å². The smallest absolute Gasteiger partial charge is 0.317 e. The number of benzene rings is 2. The summed E-state index contributed by atoms with van der Waals surface area (Å²) in [6.07, 6.45) is 0.772. The summed E-state index contributed by atoms with van der Waals surface area (Å²) < 4.78 is 27.4. The zero-order valence-corrected chi connectivity index (χ0v) is 18.1. The van der Waals surface area contributed by atoms with E-state index in [-0.39, 0.29) is 6.03 Å². The van der Waals surface area contributed by atoms with Crippen LogP contribution in [0.1, 0.15) is 22.3 Å². The van der Waals surface area contributed by atoms with Gasteiger partial charge in [0.15, 0.2) is 0 Å². The van der Waals surface area contributed by atoms with Gasteiger partial charge in [0.25, 0.3) is 0 Å². The van der Waals surface area contributed by atoms with Gasteiger partial charge in [-0.25, -0.2) is 13.2 Å². The van der Waals surface area contributed by atoms with Crippen molar-refractivity contribution in [1.29, 1.82) is 0 Å². The minimum Gasteiger partial charge on any atom is -0.338 e. The van der Waals surface area contributed by atoms with Crippen molar-refractivity contribution in [3.63, 3.8) is 0 Å². The molecule has 1 aliphatic heterocycles. The molecule has 0 spiro atoms. The topological polar surface area (TPSA) is 69.7 Å². The Bertz CT molecular complexity index is 981. The van der Waals surface area contributed by atoms with Crippen LogP contribution in [0.15, 0.2) is 47.4 Å². The van der Waals surface area contributed by atoms with Crippen LogP contribution in [0.4, 0.5) is 4.79 Å². The molecule has 0 atom stereocenters. The van der Waals surface area contributed by atoms with E-state index >= 15 is 0 Å². The van der Waals surface area contributed by atoms with Crippen molar-refractivity contribution in [1.82, 2.24) is 14.5 Å². The minimum atomic E-state index is -3.54. The van der Waals surface area contributed by atoms with E-state index in [2.05, 4.69) is 17.4 Å². The van der Waals surface area contributed by atoms with E-state index in [1.807, 2.05) is 45.0 Å². The molecule has 0 bridgehead atoms. The van der Waals surface area contributed by atoms with E-state index in [4.69, 9.17) is 0 Å². The Morgan fingerprint density at radius 1 is 0.966 bits per heavy atom. The molecular weight excluding hydrogens is 386 g/mol. The Kier molecular flexibility index (Phi) is 6.59. The quantitative estimate of drug-likeness (QED) is 0.816. The number of hydrogen-bond donors (Lipinski definition) is 1. The van der Waals surface area contributed by atoms with Crippen LogP contribution in [-0.2, 0) is 16.4 Å². The van der Waals surface area contributed by atoms with Gasteiger partial charge >= 0.3 is 6.03 Å². The molecule has 2 aromatic carbocycles. The number of sulfonamides is 1. The van der Waals surface area contributed by atoms with Crippen molar-refractivity contribution in [3.05, 3.63) is 64.7 Å². The highest BCUT2D eigenvalue weighted by Crippen LogP contribution is 2.22. The Labute approximate surface area is 173 Å². The number of amides is 2. The van der Waals surface area contributed by atoms with Gasteiger partial charge < -0.3 is 10.2 Å². The molecule has 1 fully saturated rings. The average molecular weight is 416 g/mol. The van der Waals surface area contributed by atoms with Crippen LogP contribution in [-0.4, -0.2) is 56.4 Å².